The number of piperidine rings is 1. The lowest BCUT2D eigenvalue weighted by molar-refractivity contribution is -0.121. The predicted molar refractivity (Wildman–Crippen MR) is 99.3 cm³/mol. The van der Waals surface area contributed by atoms with Crippen molar-refractivity contribution in [3.05, 3.63) is 0 Å². The molecule has 6 heteroatoms. The molecule has 24 heavy (non-hydrogen) atoms. The van der Waals surface area contributed by atoms with E-state index in [1.807, 2.05) is 0 Å². The van der Waals surface area contributed by atoms with E-state index >= 15 is 0 Å². The standard InChI is InChI=1S/C18H35N5O/c1-3-20-18(21-9-6-12-22-10-4-5-11-22)23-13-7-16(8-14-23)15-17(24)19-2/h16H,3-15H2,1-2H3,(H,19,24)(H,20,21). The molecule has 2 aliphatic rings. The average molecular weight is 338 g/mol. The van der Waals surface area contributed by atoms with Crippen LogP contribution in [-0.2, 0) is 4.79 Å². The minimum absolute atomic E-state index is 0.163. The summed E-state index contributed by atoms with van der Waals surface area (Å²) in [5, 5.41) is 6.16. The van der Waals surface area contributed by atoms with Crippen molar-refractivity contribution in [3.63, 3.8) is 0 Å². The van der Waals surface area contributed by atoms with Crippen molar-refractivity contribution in [2.24, 2.45) is 10.9 Å². The van der Waals surface area contributed by atoms with Crippen molar-refractivity contribution in [1.29, 1.82) is 0 Å². The van der Waals surface area contributed by atoms with Gasteiger partial charge in [0.25, 0.3) is 0 Å². The van der Waals surface area contributed by atoms with Gasteiger partial charge in [-0.25, -0.2) is 0 Å². The average Bonchev–Trinajstić information content (AvgIpc) is 3.12. The van der Waals surface area contributed by atoms with Gasteiger partial charge in [0, 0.05) is 39.6 Å². The van der Waals surface area contributed by atoms with Crippen LogP contribution >= 0.6 is 0 Å². The van der Waals surface area contributed by atoms with E-state index in [2.05, 4.69) is 27.4 Å². The van der Waals surface area contributed by atoms with Gasteiger partial charge in [0.1, 0.15) is 0 Å². The van der Waals surface area contributed by atoms with Crippen LogP contribution in [0.5, 0.6) is 0 Å². The molecule has 6 nitrogen and oxygen atoms in total. The monoisotopic (exact) mass is 337 g/mol. The topological polar surface area (TPSA) is 60.0 Å². The third-order valence-electron chi connectivity index (χ3n) is 5.09. The summed E-state index contributed by atoms with van der Waals surface area (Å²) < 4.78 is 0. The Labute approximate surface area is 147 Å². The fourth-order valence-corrected chi connectivity index (χ4v) is 3.62. The summed E-state index contributed by atoms with van der Waals surface area (Å²) in [5.41, 5.74) is 0. The number of rotatable bonds is 7. The van der Waals surface area contributed by atoms with E-state index in [0.717, 1.165) is 51.4 Å². The molecule has 0 aliphatic carbocycles. The van der Waals surface area contributed by atoms with E-state index in [-0.39, 0.29) is 5.91 Å². The first-order chi connectivity index (χ1) is 11.7. The van der Waals surface area contributed by atoms with Gasteiger partial charge in [-0.1, -0.05) is 0 Å². The van der Waals surface area contributed by atoms with Gasteiger partial charge < -0.3 is 20.4 Å². The quantitative estimate of drug-likeness (QED) is 0.417. The van der Waals surface area contributed by atoms with Crippen molar-refractivity contribution in [2.75, 3.05) is 52.9 Å². The van der Waals surface area contributed by atoms with Crippen LogP contribution in [0.15, 0.2) is 4.99 Å². The second kappa shape index (κ2) is 10.5. The second-order valence-electron chi connectivity index (χ2n) is 6.95. The van der Waals surface area contributed by atoms with Gasteiger partial charge in [0.15, 0.2) is 5.96 Å². The van der Waals surface area contributed by atoms with E-state index in [0.29, 0.717) is 12.3 Å². The number of likely N-dealkylation sites (tertiary alicyclic amines) is 2. The highest BCUT2D eigenvalue weighted by Crippen LogP contribution is 2.20. The minimum Gasteiger partial charge on any atom is -0.359 e. The largest absolute Gasteiger partial charge is 0.359 e. The normalized spacial score (nSPS) is 20.4. The van der Waals surface area contributed by atoms with Gasteiger partial charge in [-0.05, 0) is 64.6 Å². The highest BCUT2D eigenvalue weighted by molar-refractivity contribution is 5.80. The lowest BCUT2D eigenvalue weighted by Crippen LogP contribution is -2.46. The third kappa shape index (κ3) is 6.30. The summed E-state index contributed by atoms with van der Waals surface area (Å²) in [4.78, 5) is 21.3. The molecule has 2 fully saturated rings. The van der Waals surface area contributed by atoms with Crippen LogP contribution in [0.25, 0.3) is 0 Å². The zero-order valence-corrected chi connectivity index (χ0v) is 15.5. The van der Waals surface area contributed by atoms with Crippen LogP contribution in [0.2, 0.25) is 0 Å². The molecule has 2 N–H and O–H groups in total. The number of hydrogen-bond donors (Lipinski definition) is 2. The molecule has 0 aromatic carbocycles. The van der Waals surface area contributed by atoms with Crippen molar-refractivity contribution in [3.8, 4) is 0 Å². The van der Waals surface area contributed by atoms with Crippen LogP contribution < -0.4 is 10.6 Å². The Balaban J connectivity index is 1.73. The number of amides is 1. The molecule has 2 rings (SSSR count). The third-order valence-corrected chi connectivity index (χ3v) is 5.09. The first kappa shape index (κ1) is 19.0. The maximum atomic E-state index is 11.5. The van der Waals surface area contributed by atoms with E-state index in [9.17, 15) is 4.79 Å². The number of carbonyl (C=O) groups is 1. The molecule has 2 aliphatic heterocycles. The van der Waals surface area contributed by atoms with Crippen molar-refractivity contribution in [2.45, 2.75) is 45.4 Å². The molecular formula is C18H35N5O. The number of guanidine groups is 1. The Morgan fingerprint density at radius 2 is 1.88 bits per heavy atom. The number of aliphatic imine (C=N–C) groups is 1. The lowest BCUT2D eigenvalue weighted by Gasteiger charge is -2.34. The molecule has 2 saturated heterocycles. The molecule has 1 amide bonds. The fraction of sp³-hybridized carbons (Fsp3) is 0.889. The Hall–Kier alpha value is -1.30. The minimum atomic E-state index is 0.163. The zero-order chi connectivity index (χ0) is 17.2. The maximum absolute atomic E-state index is 11.5. The van der Waals surface area contributed by atoms with Crippen LogP contribution in [0.1, 0.15) is 45.4 Å². The second-order valence-corrected chi connectivity index (χ2v) is 6.95. The maximum Gasteiger partial charge on any atom is 0.220 e. The number of nitrogens with one attached hydrogen (secondary N) is 2. The molecule has 0 bridgehead atoms. The molecule has 2 heterocycles. The number of nitrogens with zero attached hydrogens (tertiary/aromatic N) is 3. The molecule has 0 aromatic rings. The van der Waals surface area contributed by atoms with Crippen LogP contribution in [0.3, 0.4) is 0 Å². The fourth-order valence-electron chi connectivity index (χ4n) is 3.62. The van der Waals surface area contributed by atoms with Gasteiger partial charge in [0.05, 0.1) is 0 Å². The van der Waals surface area contributed by atoms with Crippen molar-refractivity contribution < 1.29 is 4.79 Å². The Morgan fingerprint density at radius 3 is 2.50 bits per heavy atom. The molecule has 0 radical (unpaired) electrons. The van der Waals surface area contributed by atoms with Crippen molar-refractivity contribution >= 4 is 11.9 Å². The number of hydrogen-bond acceptors (Lipinski definition) is 3. The van der Waals surface area contributed by atoms with Gasteiger partial charge in [-0.15, -0.1) is 0 Å². The van der Waals surface area contributed by atoms with Gasteiger partial charge in [0.2, 0.25) is 5.91 Å². The Morgan fingerprint density at radius 1 is 1.17 bits per heavy atom. The highest BCUT2D eigenvalue weighted by atomic mass is 16.1. The van der Waals surface area contributed by atoms with E-state index in [1.54, 1.807) is 7.05 Å². The van der Waals surface area contributed by atoms with Gasteiger partial charge in [-0.2, -0.15) is 0 Å². The van der Waals surface area contributed by atoms with Gasteiger partial charge >= 0.3 is 0 Å². The smallest absolute Gasteiger partial charge is 0.220 e. The molecule has 0 spiro atoms. The molecule has 0 aromatic heterocycles. The summed E-state index contributed by atoms with van der Waals surface area (Å²) >= 11 is 0. The molecule has 138 valence electrons. The van der Waals surface area contributed by atoms with E-state index in [4.69, 9.17) is 4.99 Å². The van der Waals surface area contributed by atoms with E-state index < -0.39 is 0 Å². The molecule has 0 atom stereocenters. The summed E-state index contributed by atoms with van der Waals surface area (Å²) in [6, 6.07) is 0. The Bertz CT molecular complexity index is 398. The lowest BCUT2D eigenvalue weighted by atomic mass is 9.93. The molecular weight excluding hydrogens is 302 g/mol. The summed E-state index contributed by atoms with van der Waals surface area (Å²) in [6.45, 7) is 9.64. The van der Waals surface area contributed by atoms with Gasteiger partial charge in [-0.3, -0.25) is 9.79 Å². The van der Waals surface area contributed by atoms with Crippen LogP contribution in [-0.4, -0.2) is 74.5 Å². The summed E-state index contributed by atoms with van der Waals surface area (Å²) in [5.74, 6) is 1.73. The van der Waals surface area contributed by atoms with Crippen molar-refractivity contribution in [1.82, 2.24) is 20.4 Å². The van der Waals surface area contributed by atoms with Crippen LogP contribution in [0, 0.1) is 5.92 Å². The SMILES string of the molecule is CCNC(=NCCCN1CCCC1)N1CCC(CC(=O)NC)CC1. The first-order valence-electron chi connectivity index (χ1n) is 9.69. The Kier molecular flexibility index (Phi) is 8.36. The van der Waals surface area contributed by atoms with E-state index in [1.165, 1.54) is 32.5 Å². The molecule has 0 unspecified atom stereocenters. The first-order valence-corrected chi connectivity index (χ1v) is 9.69. The molecule has 0 saturated carbocycles. The summed E-state index contributed by atoms with van der Waals surface area (Å²) in [6.07, 6.45) is 6.67. The highest BCUT2D eigenvalue weighted by Gasteiger charge is 2.23. The summed E-state index contributed by atoms with van der Waals surface area (Å²) in [7, 11) is 1.72. The number of carbonyl (C=O) groups excluding carboxylic acids is 1. The zero-order valence-electron chi connectivity index (χ0n) is 15.5. The predicted octanol–water partition coefficient (Wildman–Crippen LogP) is 1.29. The van der Waals surface area contributed by atoms with Crippen LogP contribution in [0.4, 0.5) is 0 Å².